The lowest BCUT2D eigenvalue weighted by atomic mass is 10.1. The van der Waals surface area contributed by atoms with Crippen LogP contribution in [0.15, 0.2) is 24.3 Å². The summed E-state index contributed by atoms with van der Waals surface area (Å²) in [5.74, 6) is 1.36. The Labute approximate surface area is 103 Å². The Morgan fingerprint density at radius 2 is 2.18 bits per heavy atom. The Kier molecular flexibility index (Phi) is 5.53. The van der Waals surface area contributed by atoms with E-state index < -0.39 is 0 Å². The zero-order chi connectivity index (χ0) is 12.7. The number of hydrogen-bond donors (Lipinski definition) is 1. The maximum absolute atomic E-state index is 11.8. The van der Waals surface area contributed by atoms with Crippen LogP contribution in [-0.2, 0) is 0 Å². The molecule has 1 rings (SSSR count). The van der Waals surface area contributed by atoms with Crippen LogP contribution in [0.25, 0.3) is 0 Å². The van der Waals surface area contributed by atoms with Crippen molar-refractivity contribution in [1.29, 1.82) is 0 Å². The van der Waals surface area contributed by atoms with Crippen LogP contribution in [0.4, 0.5) is 0 Å². The van der Waals surface area contributed by atoms with Gasteiger partial charge in [-0.1, -0.05) is 19.9 Å². The number of carbonyl (C=O) groups excluding carboxylic acids is 1. The van der Waals surface area contributed by atoms with Crippen molar-refractivity contribution in [2.24, 2.45) is 5.92 Å². The Balaban J connectivity index is 2.41. The molecular formula is C14H21NO2. The molecule has 0 aliphatic rings. The number of amides is 1. The Hall–Kier alpha value is -1.51. The smallest absolute Gasteiger partial charge is 0.251 e. The van der Waals surface area contributed by atoms with E-state index in [1.165, 1.54) is 0 Å². The van der Waals surface area contributed by atoms with E-state index in [0.29, 0.717) is 17.2 Å². The quantitative estimate of drug-likeness (QED) is 0.770. The van der Waals surface area contributed by atoms with E-state index in [2.05, 4.69) is 19.2 Å². The normalized spacial score (nSPS) is 10.4. The van der Waals surface area contributed by atoms with Crippen molar-refractivity contribution in [3.05, 3.63) is 29.8 Å². The number of methoxy groups -OCH3 is 1. The van der Waals surface area contributed by atoms with Crippen LogP contribution in [0.5, 0.6) is 5.75 Å². The van der Waals surface area contributed by atoms with Crippen LogP contribution in [0.1, 0.15) is 37.0 Å². The first kappa shape index (κ1) is 13.6. The van der Waals surface area contributed by atoms with E-state index in [0.717, 1.165) is 19.4 Å². The van der Waals surface area contributed by atoms with Gasteiger partial charge in [-0.2, -0.15) is 0 Å². The molecule has 0 atom stereocenters. The van der Waals surface area contributed by atoms with Gasteiger partial charge in [-0.05, 0) is 37.0 Å². The van der Waals surface area contributed by atoms with Crippen molar-refractivity contribution in [2.45, 2.75) is 26.7 Å². The molecule has 17 heavy (non-hydrogen) atoms. The molecule has 0 bridgehead atoms. The van der Waals surface area contributed by atoms with Gasteiger partial charge in [0, 0.05) is 12.1 Å². The summed E-state index contributed by atoms with van der Waals surface area (Å²) in [6.07, 6.45) is 2.16. The molecule has 0 saturated heterocycles. The van der Waals surface area contributed by atoms with Crippen molar-refractivity contribution in [3.63, 3.8) is 0 Å². The van der Waals surface area contributed by atoms with Gasteiger partial charge in [0.05, 0.1) is 7.11 Å². The van der Waals surface area contributed by atoms with Crippen LogP contribution in [-0.4, -0.2) is 19.6 Å². The summed E-state index contributed by atoms with van der Waals surface area (Å²) in [7, 11) is 1.60. The van der Waals surface area contributed by atoms with E-state index in [1.807, 2.05) is 12.1 Å². The minimum Gasteiger partial charge on any atom is -0.497 e. The van der Waals surface area contributed by atoms with Gasteiger partial charge in [-0.25, -0.2) is 0 Å². The SMILES string of the molecule is COc1cccc(C(=O)NCCCC(C)C)c1. The first-order valence-corrected chi connectivity index (χ1v) is 6.05. The lowest BCUT2D eigenvalue weighted by Gasteiger charge is -2.07. The fourth-order valence-corrected chi connectivity index (χ4v) is 1.58. The van der Waals surface area contributed by atoms with Crippen molar-refractivity contribution >= 4 is 5.91 Å². The van der Waals surface area contributed by atoms with Gasteiger partial charge in [-0.3, -0.25) is 4.79 Å². The molecule has 0 saturated carbocycles. The van der Waals surface area contributed by atoms with E-state index in [4.69, 9.17) is 4.74 Å². The second-order valence-corrected chi connectivity index (χ2v) is 4.52. The van der Waals surface area contributed by atoms with Crippen LogP contribution in [0, 0.1) is 5.92 Å². The van der Waals surface area contributed by atoms with Crippen molar-refractivity contribution in [1.82, 2.24) is 5.32 Å². The molecule has 1 amide bonds. The summed E-state index contributed by atoms with van der Waals surface area (Å²) in [6.45, 7) is 5.10. The molecule has 3 nitrogen and oxygen atoms in total. The highest BCUT2D eigenvalue weighted by atomic mass is 16.5. The number of rotatable bonds is 6. The van der Waals surface area contributed by atoms with Crippen LogP contribution in [0.3, 0.4) is 0 Å². The summed E-state index contributed by atoms with van der Waals surface area (Å²) >= 11 is 0. The maximum Gasteiger partial charge on any atom is 0.251 e. The molecule has 1 aromatic rings. The Bertz CT molecular complexity index is 361. The molecule has 0 unspecified atom stereocenters. The molecule has 3 heteroatoms. The summed E-state index contributed by atoms with van der Waals surface area (Å²) in [6, 6.07) is 7.19. The zero-order valence-corrected chi connectivity index (χ0v) is 10.8. The lowest BCUT2D eigenvalue weighted by molar-refractivity contribution is 0.0952. The molecule has 1 aromatic carbocycles. The van der Waals surface area contributed by atoms with Gasteiger partial charge in [0.2, 0.25) is 0 Å². The van der Waals surface area contributed by atoms with E-state index >= 15 is 0 Å². The van der Waals surface area contributed by atoms with Crippen molar-refractivity contribution in [3.8, 4) is 5.75 Å². The fourth-order valence-electron chi connectivity index (χ4n) is 1.58. The fraction of sp³-hybridized carbons (Fsp3) is 0.500. The van der Waals surface area contributed by atoms with E-state index in [1.54, 1.807) is 19.2 Å². The monoisotopic (exact) mass is 235 g/mol. The van der Waals surface area contributed by atoms with Crippen LogP contribution < -0.4 is 10.1 Å². The predicted octanol–water partition coefficient (Wildman–Crippen LogP) is 2.86. The van der Waals surface area contributed by atoms with Gasteiger partial charge in [0.15, 0.2) is 0 Å². The number of nitrogens with one attached hydrogen (secondary N) is 1. The standard InChI is InChI=1S/C14H21NO2/c1-11(2)6-5-9-15-14(16)12-7-4-8-13(10-12)17-3/h4,7-8,10-11H,5-6,9H2,1-3H3,(H,15,16). The second kappa shape index (κ2) is 6.94. The molecule has 0 radical (unpaired) electrons. The number of benzene rings is 1. The van der Waals surface area contributed by atoms with E-state index in [9.17, 15) is 4.79 Å². The average Bonchev–Trinajstić information content (AvgIpc) is 2.34. The lowest BCUT2D eigenvalue weighted by Crippen LogP contribution is -2.24. The number of carbonyl (C=O) groups is 1. The number of ether oxygens (including phenoxy) is 1. The molecule has 0 aliphatic carbocycles. The highest BCUT2D eigenvalue weighted by Crippen LogP contribution is 2.12. The van der Waals surface area contributed by atoms with Crippen molar-refractivity contribution in [2.75, 3.05) is 13.7 Å². The minimum absolute atomic E-state index is 0.0346. The third kappa shape index (κ3) is 4.89. The zero-order valence-electron chi connectivity index (χ0n) is 10.8. The molecular weight excluding hydrogens is 214 g/mol. The predicted molar refractivity (Wildman–Crippen MR) is 69.4 cm³/mol. The molecule has 0 aliphatic heterocycles. The maximum atomic E-state index is 11.8. The molecule has 0 aromatic heterocycles. The summed E-state index contributed by atoms with van der Waals surface area (Å²) in [5, 5.41) is 2.91. The summed E-state index contributed by atoms with van der Waals surface area (Å²) < 4.78 is 5.08. The van der Waals surface area contributed by atoms with Gasteiger partial charge >= 0.3 is 0 Å². The van der Waals surface area contributed by atoms with E-state index in [-0.39, 0.29) is 5.91 Å². The first-order valence-electron chi connectivity index (χ1n) is 6.05. The minimum atomic E-state index is -0.0346. The van der Waals surface area contributed by atoms with Crippen LogP contribution in [0.2, 0.25) is 0 Å². The van der Waals surface area contributed by atoms with Gasteiger partial charge < -0.3 is 10.1 Å². The first-order chi connectivity index (χ1) is 8.13. The summed E-state index contributed by atoms with van der Waals surface area (Å²) in [5.41, 5.74) is 0.647. The van der Waals surface area contributed by atoms with Gasteiger partial charge in [0.25, 0.3) is 5.91 Å². The van der Waals surface area contributed by atoms with Crippen molar-refractivity contribution < 1.29 is 9.53 Å². The van der Waals surface area contributed by atoms with Crippen LogP contribution >= 0.6 is 0 Å². The molecule has 0 heterocycles. The number of hydrogen-bond acceptors (Lipinski definition) is 2. The Morgan fingerprint density at radius 3 is 2.82 bits per heavy atom. The second-order valence-electron chi connectivity index (χ2n) is 4.52. The highest BCUT2D eigenvalue weighted by molar-refractivity contribution is 5.94. The molecule has 94 valence electrons. The van der Waals surface area contributed by atoms with Gasteiger partial charge in [0.1, 0.15) is 5.75 Å². The highest BCUT2D eigenvalue weighted by Gasteiger charge is 2.05. The third-order valence-electron chi connectivity index (χ3n) is 2.58. The summed E-state index contributed by atoms with van der Waals surface area (Å²) in [4.78, 5) is 11.8. The Morgan fingerprint density at radius 1 is 1.41 bits per heavy atom. The third-order valence-corrected chi connectivity index (χ3v) is 2.58. The molecule has 0 fully saturated rings. The van der Waals surface area contributed by atoms with Gasteiger partial charge in [-0.15, -0.1) is 0 Å². The molecule has 0 spiro atoms. The largest absolute Gasteiger partial charge is 0.497 e. The average molecular weight is 235 g/mol. The topological polar surface area (TPSA) is 38.3 Å². The molecule has 1 N–H and O–H groups in total.